The van der Waals surface area contributed by atoms with E-state index in [-0.39, 0.29) is 17.3 Å². The fourth-order valence-electron chi connectivity index (χ4n) is 4.16. The van der Waals surface area contributed by atoms with Crippen molar-refractivity contribution in [3.8, 4) is 17.2 Å². The van der Waals surface area contributed by atoms with Gasteiger partial charge in [-0.05, 0) is 29.8 Å². The van der Waals surface area contributed by atoms with Gasteiger partial charge in [0.2, 0.25) is 5.75 Å². The number of hydrogen-bond donors (Lipinski definition) is 2. The zero-order valence-electron chi connectivity index (χ0n) is 21.1. The first-order valence-electron chi connectivity index (χ1n) is 11.8. The molecule has 0 bridgehead atoms. The van der Waals surface area contributed by atoms with Gasteiger partial charge in [0.05, 0.1) is 38.6 Å². The summed E-state index contributed by atoms with van der Waals surface area (Å²) in [6.45, 7) is 0.335. The molecule has 2 heterocycles. The highest BCUT2D eigenvalue weighted by Gasteiger charge is 2.24. The van der Waals surface area contributed by atoms with Gasteiger partial charge in [-0.3, -0.25) is 4.79 Å². The average molecular weight is 511 g/mol. The lowest BCUT2D eigenvalue weighted by molar-refractivity contribution is 0.0953. The summed E-state index contributed by atoms with van der Waals surface area (Å²) in [5, 5.41) is 7.50. The number of hydrogen-bond acceptors (Lipinski definition) is 8. The Morgan fingerprint density at radius 3 is 2.21 bits per heavy atom. The second kappa shape index (κ2) is 10.5. The molecule has 10 heteroatoms. The molecule has 0 unspecified atom stereocenters. The lowest BCUT2D eigenvalue weighted by Crippen LogP contribution is -2.23. The van der Waals surface area contributed by atoms with Crippen LogP contribution in [0, 0.1) is 0 Å². The van der Waals surface area contributed by atoms with Gasteiger partial charge < -0.3 is 25.3 Å². The third kappa shape index (κ3) is 4.55. The smallest absolute Gasteiger partial charge is 0.257 e. The monoisotopic (exact) mass is 510 g/mol. The number of para-hydroxylation sites is 2. The normalized spacial score (nSPS) is 11.2. The molecule has 0 aliphatic heterocycles. The van der Waals surface area contributed by atoms with Crippen LogP contribution >= 0.6 is 0 Å². The molecule has 192 valence electrons. The predicted octanol–water partition coefficient (Wildman–Crippen LogP) is 4.00. The van der Waals surface area contributed by atoms with E-state index in [0.29, 0.717) is 51.6 Å². The van der Waals surface area contributed by atoms with Crippen LogP contribution < -0.4 is 25.3 Å². The Balaban J connectivity index is 1.60. The number of nitrogens with zero attached hydrogens (tertiary/aromatic N) is 4. The quantitative estimate of drug-likeness (QED) is 0.302. The van der Waals surface area contributed by atoms with Crippen LogP contribution in [0.2, 0.25) is 0 Å². The Morgan fingerprint density at radius 2 is 1.58 bits per heavy atom. The molecule has 0 aliphatic carbocycles. The van der Waals surface area contributed by atoms with Crippen LogP contribution in [0.3, 0.4) is 0 Å². The molecular weight excluding hydrogens is 484 g/mol. The molecule has 0 saturated heterocycles. The van der Waals surface area contributed by atoms with Gasteiger partial charge >= 0.3 is 0 Å². The first-order chi connectivity index (χ1) is 18.5. The molecule has 3 aromatic carbocycles. The molecule has 3 N–H and O–H groups in total. The Bertz CT molecular complexity index is 1640. The Hall–Kier alpha value is -5.12. The van der Waals surface area contributed by atoms with E-state index in [0.717, 1.165) is 5.56 Å². The molecule has 0 saturated carbocycles. The van der Waals surface area contributed by atoms with Crippen molar-refractivity contribution in [2.45, 2.75) is 6.54 Å². The number of ether oxygens (including phenoxy) is 3. The Labute approximate surface area is 218 Å². The second-order valence-corrected chi connectivity index (χ2v) is 8.33. The van der Waals surface area contributed by atoms with Gasteiger partial charge in [-0.15, -0.1) is 0 Å². The van der Waals surface area contributed by atoms with Crippen LogP contribution in [-0.2, 0) is 6.54 Å². The van der Waals surface area contributed by atoms with Crippen LogP contribution in [0.25, 0.3) is 22.2 Å². The number of benzene rings is 3. The van der Waals surface area contributed by atoms with E-state index < -0.39 is 0 Å². The molecule has 1 amide bonds. The summed E-state index contributed by atoms with van der Waals surface area (Å²) >= 11 is 0. The van der Waals surface area contributed by atoms with E-state index in [1.165, 1.54) is 26.0 Å². The maximum Gasteiger partial charge on any atom is 0.257 e. The first-order valence-corrected chi connectivity index (χ1v) is 11.8. The number of nitrogens with two attached hydrogens (primary N) is 1. The van der Waals surface area contributed by atoms with Crippen molar-refractivity contribution in [2.75, 3.05) is 27.1 Å². The number of rotatable bonds is 8. The molecule has 0 atom stereocenters. The molecule has 5 rings (SSSR count). The van der Waals surface area contributed by atoms with Gasteiger partial charge in [0, 0.05) is 12.1 Å². The number of carbonyl (C=O) groups excluding carboxylic acids is 1. The molecule has 0 fully saturated rings. The van der Waals surface area contributed by atoms with E-state index in [2.05, 4.69) is 10.4 Å². The highest BCUT2D eigenvalue weighted by atomic mass is 16.5. The van der Waals surface area contributed by atoms with Gasteiger partial charge in [0.25, 0.3) is 5.91 Å². The van der Waals surface area contributed by atoms with Crippen LogP contribution in [0.15, 0.2) is 71.8 Å². The molecule has 0 radical (unpaired) electrons. The summed E-state index contributed by atoms with van der Waals surface area (Å²) < 4.78 is 17.7. The van der Waals surface area contributed by atoms with Crippen molar-refractivity contribution < 1.29 is 19.0 Å². The van der Waals surface area contributed by atoms with Crippen molar-refractivity contribution >= 4 is 40.1 Å². The molecular formula is C28H26N6O4. The second-order valence-electron chi connectivity index (χ2n) is 8.33. The van der Waals surface area contributed by atoms with Crippen LogP contribution in [-0.4, -0.2) is 48.1 Å². The summed E-state index contributed by atoms with van der Waals surface area (Å²) in [6, 6.07) is 20.5. The van der Waals surface area contributed by atoms with Crippen LogP contribution in [0.5, 0.6) is 17.2 Å². The average Bonchev–Trinajstić information content (AvgIpc) is 3.23. The maximum atomic E-state index is 13.3. The van der Waals surface area contributed by atoms with Crippen molar-refractivity contribution in [3.63, 3.8) is 0 Å². The minimum Gasteiger partial charge on any atom is -0.493 e. The van der Waals surface area contributed by atoms with E-state index in [9.17, 15) is 4.79 Å². The summed E-state index contributed by atoms with van der Waals surface area (Å²) in [4.78, 5) is 22.8. The number of amides is 1. The molecule has 38 heavy (non-hydrogen) atoms. The highest BCUT2D eigenvalue weighted by Crippen LogP contribution is 2.38. The van der Waals surface area contributed by atoms with Crippen molar-refractivity contribution in [3.05, 3.63) is 83.4 Å². The van der Waals surface area contributed by atoms with Crippen LogP contribution in [0.1, 0.15) is 21.5 Å². The van der Waals surface area contributed by atoms with Crippen LogP contribution in [0.4, 0.5) is 5.82 Å². The summed E-state index contributed by atoms with van der Waals surface area (Å²) in [6.07, 6.45) is 1.57. The van der Waals surface area contributed by atoms with E-state index in [1.807, 2.05) is 54.6 Å². The predicted molar refractivity (Wildman–Crippen MR) is 146 cm³/mol. The zero-order valence-corrected chi connectivity index (χ0v) is 21.1. The van der Waals surface area contributed by atoms with Crippen molar-refractivity contribution in [1.82, 2.24) is 20.0 Å². The number of anilines is 1. The SMILES string of the molecule is COc1cc(C=Nn2c(N)c(C(=O)NCc3ccccc3)c3nc4ccccc4nc32)cc(OC)c1OC. The summed E-state index contributed by atoms with van der Waals surface area (Å²) in [7, 11) is 4.61. The standard InChI is InChI=1S/C28H26N6O4/c1-36-21-13-18(14-22(37-2)25(21)38-3)16-31-34-26(29)23(28(35)30-15-17-9-5-4-6-10-17)24-27(34)33-20-12-8-7-11-19(20)32-24/h4-14,16H,15,29H2,1-3H3,(H,30,35). The van der Waals surface area contributed by atoms with E-state index in [1.54, 1.807) is 18.3 Å². The lowest BCUT2D eigenvalue weighted by atomic mass is 10.2. The first kappa shape index (κ1) is 24.6. The summed E-state index contributed by atoms with van der Waals surface area (Å²) in [5.41, 5.74) is 10.3. The topological polar surface area (TPSA) is 126 Å². The van der Waals surface area contributed by atoms with Gasteiger partial charge in [0.15, 0.2) is 17.1 Å². The number of aromatic nitrogens is 3. The minimum absolute atomic E-state index is 0.115. The van der Waals surface area contributed by atoms with Gasteiger partial charge in [0.1, 0.15) is 16.9 Å². The number of nitrogen functional groups attached to an aromatic ring is 1. The number of methoxy groups -OCH3 is 3. The molecule has 0 aliphatic rings. The molecule has 2 aromatic heterocycles. The largest absolute Gasteiger partial charge is 0.493 e. The molecule has 5 aromatic rings. The van der Waals surface area contributed by atoms with Crippen molar-refractivity contribution in [2.24, 2.45) is 5.10 Å². The van der Waals surface area contributed by atoms with Gasteiger partial charge in [-0.1, -0.05) is 42.5 Å². The Kier molecular flexibility index (Phi) is 6.77. The van der Waals surface area contributed by atoms with Gasteiger partial charge in [-0.2, -0.15) is 9.78 Å². The third-order valence-electron chi connectivity index (χ3n) is 6.01. The van der Waals surface area contributed by atoms with Gasteiger partial charge in [-0.25, -0.2) is 9.97 Å². The number of nitrogens with one attached hydrogen (secondary N) is 1. The molecule has 0 spiro atoms. The Morgan fingerprint density at radius 1 is 0.947 bits per heavy atom. The number of carbonyl (C=O) groups is 1. The molecule has 10 nitrogen and oxygen atoms in total. The van der Waals surface area contributed by atoms with E-state index in [4.69, 9.17) is 29.9 Å². The van der Waals surface area contributed by atoms with Crippen molar-refractivity contribution in [1.29, 1.82) is 0 Å². The minimum atomic E-state index is -0.373. The number of fused-ring (bicyclic) bond motifs is 2. The van der Waals surface area contributed by atoms with E-state index >= 15 is 0 Å². The summed E-state index contributed by atoms with van der Waals surface area (Å²) in [5.74, 6) is 1.16. The fourth-order valence-corrected chi connectivity index (χ4v) is 4.16. The highest BCUT2D eigenvalue weighted by molar-refractivity contribution is 6.10. The third-order valence-corrected chi connectivity index (χ3v) is 6.01. The lowest BCUT2D eigenvalue weighted by Gasteiger charge is -2.12. The fraction of sp³-hybridized carbons (Fsp3) is 0.143. The maximum absolute atomic E-state index is 13.3. The zero-order chi connectivity index (χ0) is 26.6.